The molecule has 0 fully saturated rings. The van der Waals surface area contributed by atoms with Gasteiger partial charge in [-0.15, -0.1) is 0 Å². The first kappa shape index (κ1) is 9.98. The summed E-state index contributed by atoms with van der Waals surface area (Å²) in [7, 11) is 1.98. The highest BCUT2D eigenvalue weighted by atomic mass is 16.3. The van der Waals surface area contributed by atoms with Gasteiger partial charge < -0.3 is 14.7 Å². The third kappa shape index (κ3) is 1.68. The van der Waals surface area contributed by atoms with Crippen LogP contribution in [0.15, 0.2) is 18.5 Å². The molecule has 2 aromatic heterocycles. The number of rotatable bonds is 3. The van der Waals surface area contributed by atoms with Crippen LogP contribution >= 0.6 is 0 Å². The summed E-state index contributed by atoms with van der Waals surface area (Å²) < 4.78 is 2.03. The van der Waals surface area contributed by atoms with Gasteiger partial charge in [-0.1, -0.05) is 0 Å². The number of aliphatic hydroxyl groups is 1. The fraction of sp³-hybridized carbons (Fsp3) is 0.364. The summed E-state index contributed by atoms with van der Waals surface area (Å²) in [6, 6.07) is 2.00. The SMILES string of the molecule is Cc1c(-c2cc[nH]c2)nc(CCO)n1C. The highest BCUT2D eigenvalue weighted by Crippen LogP contribution is 2.22. The maximum Gasteiger partial charge on any atom is 0.111 e. The van der Waals surface area contributed by atoms with Gasteiger partial charge in [0.25, 0.3) is 0 Å². The minimum absolute atomic E-state index is 0.136. The van der Waals surface area contributed by atoms with Crippen LogP contribution in [0.2, 0.25) is 0 Å². The van der Waals surface area contributed by atoms with Crippen LogP contribution in [0.25, 0.3) is 11.3 Å². The summed E-state index contributed by atoms with van der Waals surface area (Å²) in [5.41, 5.74) is 3.20. The van der Waals surface area contributed by atoms with E-state index in [0.29, 0.717) is 6.42 Å². The lowest BCUT2D eigenvalue weighted by Gasteiger charge is -1.99. The van der Waals surface area contributed by atoms with E-state index in [1.54, 1.807) is 0 Å². The van der Waals surface area contributed by atoms with Gasteiger partial charge in [0.2, 0.25) is 0 Å². The van der Waals surface area contributed by atoms with Crippen LogP contribution in [0.1, 0.15) is 11.5 Å². The summed E-state index contributed by atoms with van der Waals surface area (Å²) in [6.07, 6.45) is 4.41. The van der Waals surface area contributed by atoms with Gasteiger partial charge in [-0.25, -0.2) is 4.98 Å². The molecule has 0 saturated heterocycles. The Kier molecular flexibility index (Phi) is 2.60. The van der Waals surface area contributed by atoms with Crippen LogP contribution in [-0.2, 0) is 13.5 Å². The van der Waals surface area contributed by atoms with Gasteiger partial charge in [0.1, 0.15) is 5.82 Å². The van der Waals surface area contributed by atoms with Crippen molar-refractivity contribution in [3.05, 3.63) is 30.0 Å². The fourth-order valence-electron chi connectivity index (χ4n) is 1.71. The van der Waals surface area contributed by atoms with E-state index in [2.05, 4.69) is 9.97 Å². The molecule has 15 heavy (non-hydrogen) atoms. The average Bonchev–Trinajstić information content (AvgIpc) is 2.82. The lowest BCUT2D eigenvalue weighted by atomic mass is 10.2. The Morgan fingerprint density at radius 2 is 2.33 bits per heavy atom. The lowest BCUT2D eigenvalue weighted by molar-refractivity contribution is 0.295. The zero-order valence-corrected chi connectivity index (χ0v) is 8.99. The van der Waals surface area contributed by atoms with Crippen molar-refractivity contribution in [2.24, 2.45) is 7.05 Å². The second-order valence-electron chi connectivity index (χ2n) is 3.59. The smallest absolute Gasteiger partial charge is 0.111 e. The van der Waals surface area contributed by atoms with Gasteiger partial charge in [0, 0.05) is 37.1 Å². The van der Waals surface area contributed by atoms with Crippen LogP contribution in [0.5, 0.6) is 0 Å². The normalized spacial score (nSPS) is 10.9. The van der Waals surface area contributed by atoms with Crippen molar-refractivity contribution in [3.8, 4) is 11.3 Å². The first-order chi connectivity index (χ1) is 7.24. The number of imidazole rings is 1. The molecule has 4 nitrogen and oxygen atoms in total. The molecule has 0 amide bonds. The first-order valence-electron chi connectivity index (χ1n) is 5.00. The minimum atomic E-state index is 0.136. The van der Waals surface area contributed by atoms with E-state index in [4.69, 9.17) is 5.11 Å². The molecule has 0 aliphatic heterocycles. The van der Waals surface area contributed by atoms with Crippen molar-refractivity contribution in [1.82, 2.24) is 14.5 Å². The van der Waals surface area contributed by atoms with Crippen molar-refractivity contribution in [2.75, 3.05) is 6.61 Å². The molecule has 0 unspecified atom stereocenters. The molecule has 0 spiro atoms. The number of H-pyrrole nitrogens is 1. The number of aromatic amines is 1. The van der Waals surface area contributed by atoms with E-state index >= 15 is 0 Å². The van der Waals surface area contributed by atoms with Crippen LogP contribution in [-0.4, -0.2) is 26.2 Å². The average molecular weight is 205 g/mol. The molecule has 0 aliphatic rings. The van der Waals surface area contributed by atoms with E-state index in [0.717, 1.165) is 22.8 Å². The molecule has 4 heteroatoms. The summed E-state index contributed by atoms with van der Waals surface area (Å²) in [5.74, 6) is 0.922. The molecule has 2 rings (SSSR count). The Morgan fingerprint density at radius 1 is 1.53 bits per heavy atom. The topological polar surface area (TPSA) is 53.8 Å². The highest BCUT2D eigenvalue weighted by molar-refractivity contribution is 5.61. The maximum atomic E-state index is 8.92. The van der Waals surface area contributed by atoms with Crippen molar-refractivity contribution in [2.45, 2.75) is 13.3 Å². The number of nitrogens with zero attached hydrogens (tertiary/aromatic N) is 2. The summed E-state index contributed by atoms with van der Waals surface area (Å²) in [6.45, 7) is 2.17. The lowest BCUT2D eigenvalue weighted by Crippen LogP contribution is -2.01. The largest absolute Gasteiger partial charge is 0.396 e. The van der Waals surface area contributed by atoms with Crippen LogP contribution in [0, 0.1) is 6.92 Å². The Balaban J connectivity index is 2.45. The maximum absolute atomic E-state index is 8.92. The van der Waals surface area contributed by atoms with Gasteiger partial charge >= 0.3 is 0 Å². The molecule has 0 aliphatic carbocycles. The standard InChI is InChI=1S/C11H15N3O/c1-8-11(9-3-5-12-7-9)13-10(4-6-15)14(8)2/h3,5,7,12,15H,4,6H2,1-2H3. The van der Waals surface area contributed by atoms with Gasteiger partial charge in [-0.3, -0.25) is 0 Å². The Bertz CT molecular complexity index is 443. The third-order valence-electron chi connectivity index (χ3n) is 2.68. The van der Waals surface area contributed by atoms with Crippen molar-refractivity contribution >= 4 is 0 Å². The number of hydrogen-bond acceptors (Lipinski definition) is 2. The molecular weight excluding hydrogens is 190 g/mol. The second kappa shape index (κ2) is 3.90. The molecule has 80 valence electrons. The molecule has 0 aromatic carbocycles. The summed E-state index contributed by atoms with van der Waals surface area (Å²) in [5, 5.41) is 8.92. The molecule has 2 N–H and O–H groups in total. The van der Waals surface area contributed by atoms with Crippen LogP contribution < -0.4 is 0 Å². The van der Waals surface area contributed by atoms with Crippen molar-refractivity contribution in [1.29, 1.82) is 0 Å². The molecule has 0 atom stereocenters. The molecule has 0 radical (unpaired) electrons. The quantitative estimate of drug-likeness (QED) is 0.792. The summed E-state index contributed by atoms with van der Waals surface area (Å²) >= 11 is 0. The minimum Gasteiger partial charge on any atom is -0.396 e. The third-order valence-corrected chi connectivity index (χ3v) is 2.68. The number of nitrogens with one attached hydrogen (secondary N) is 1. The predicted octanol–water partition coefficient (Wildman–Crippen LogP) is 1.26. The van der Waals surface area contributed by atoms with Crippen LogP contribution in [0.3, 0.4) is 0 Å². The van der Waals surface area contributed by atoms with Gasteiger partial charge in [0.15, 0.2) is 0 Å². The highest BCUT2D eigenvalue weighted by Gasteiger charge is 2.12. The van der Waals surface area contributed by atoms with E-state index in [1.165, 1.54) is 0 Å². The van der Waals surface area contributed by atoms with E-state index in [9.17, 15) is 0 Å². The van der Waals surface area contributed by atoms with Crippen LogP contribution in [0.4, 0.5) is 0 Å². The van der Waals surface area contributed by atoms with Gasteiger partial charge in [0.05, 0.1) is 12.3 Å². The van der Waals surface area contributed by atoms with Gasteiger partial charge in [-0.05, 0) is 13.0 Å². The number of aliphatic hydroxyl groups excluding tert-OH is 1. The zero-order chi connectivity index (χ0) is 10.8. The molecule has 2 aromatic rings. The second-order valence-corrected chi connectivity index (χ2v) is 3.59. The van der Waals surface area contributed by atoms with E-state index < -0.39 is 0 Å². The Hall–Kier alpha value is -1.55. The number of aromatic nitrogens is 3. The summed E-state index contributed by atoms with van der Waals surface area (Å²) in [4.78, 5) is 7.54. The first-order valence-corrected chi connectivity index (χ1v) is 5.00. The van der Waals surface area contributed by atoms with E-state index in [-0.39, 0.29) is 6.61 Å². The van der Waals surface area contributed by atoms with Crippen molar-refractivity contribution < 1.29 is 5.11 Å². The zero-order valence-electron chi connectivity index (χ0n) is 8.99. The molecule has 0 saturated carbocycles. The molecule has 2 heterocycles. The van der Waals surface area contributed by atoms with E-state index in [1.807, 2.05) is 37.0 Å². The fourth-order valence-corrected chi connectivity index (χ4v) is 1.71. The van der Waals surface area contributed by atoms with Gasteiger partial charge in [-0.2, -0.15) is 0 Å². The Labute approximate surface area is 88.6 Å². The monoisotopic (exact) mass is 205 g/mol. The Morgan fingerprint density at radius 3 is 2.93 bits per heavy atom. The molecule has 0 bridgehead atoms. The van der Waals surface area contributed by atoms with Crippen molar-refractivity contribution in [3.63, 3.8) is 0 Å². The predicted molar refractivity (Wildman–Crippen MR) is 58.5 cm³/mol. The molecular formula is C11H15N3O. The number of hydrogen-bond donors (Lipinski definition) is 2.